The van der Waals surface area contributed by atoms with E-state index in [-0.39, 0.29) is 5.91 Å². The monoisotopic (exact) mass is 369 g/mol. The summed E-state index contributed by atoms with van der Waals surface area (Å²) < 4.78 is 5.01. The summed E-state index contributed by atoms with van der Waals surface area (Å²) >= 11 is 0. The number of carbonyl (C=O) groups excluding carboxylic acids is 2. The fourth-order valence-electron chi connectivity index (χ4n) is 3.40. The third-order valence-electron chi connectivity index (χ3n) is 4.85. The van der Waals surface area contributed by atoms with Crippen LogP contribution in [0, 0.1) is 0 Å². The summed E-state index contributed by atoms with van der Waals surface area (Å²) in [6.45, 7) is 5.41. The maximum Gasteiger partial charge on any atom is 0.250 e. The van der Waals surface area contributed by atoms with Crippen molar-refractivity contribution in [3.05, 3.63) is 42.1 Å². The Morgan fingerprint density at radius 3 is 2.22 bits per heavy atom. The number of morpholine rings is 1. The van der Waals surface area contributed by atoms with E-state index in [4.69, 9.17) is 4.74 Å². The number of nitrogens with zero attached hydrogens (tertiary/aromatic N) is 2. The van der Waals surface area contributed by atoms with Crippen molar-refractivity contribution in [3.8, 4) is 0 Å². The third-order valence-corrected chi connectivity index (χ3v) is 4.85. The first-order chi connectivity index (χ1) is 13.3. The molecule has 1 aromatic carbocycles. The van der Waals surface area contributed by atoms with Gasteiger partial charge in [-0.25, -0.2) is 4.79 Å². The third kappa shape index (κ3) is 5.30. The molecule has 3 heterocycles. The van der Waals surface area contributed by atoms with Crippen molar-refractivity contribution in [2.45, 2.75) is 25.7 Å². The molecule has 6 heteroatoms. The molecule has 1 aromatic rings. The molecule has 4 rings (SSSR count). The van der Waals surface area contributed by atoms with Crippen molar-refractivity contribution in [3.63, 3.8) is 0 Å². The fourth-order valence-corrected chi connectivity index (χ4v) is 3.40. The lowest BCUT2D eigenvalue weighted by atomic mass is 10.1. The highest BCUT2D eigenvalue weighted by Gasteiger charge is 2.19. The summed E-state index contributed by atoms with van der Waals surface area (Å²) in [7, 11) is 0. The van der Waals surface area contributed by atoms with Gasteiger partial charge in [-0.3, -0.25) is 4.79 Å². The molecule has 0 aromatic heterocycles. The Morgan fingerprint density at radius 2 is 1.67 bits per heavy atom. The maximum absolute atomic E-state index is 11.9. The Bertz CT molecular complexity index is 692. The second-order valence-electron chi connectivity index (χ2n) is 6.72. The molecular weight excluding hydrogens is 342 g/mol. The van der Waals surface area contributed by atoms with Crippen molar-refractivity contribution in [1.82, 2.24) is 5.32 Å². The Labute approximate surface area is 160 Å². The molecular formula is C21H27N3O3. The molecule has 0 spiro atoms. The molecule has 3 aliphatic heterocycles. The predicted octanol–water partition coefficient (Wildman–Crippen LogP) is 2.29. The van der Waals surface area contributed by atoms with E-state index in [1.807, 2.05) is 35.2 Å². The molecule has 1 amide bonds. The summed E-state index contributed by atoms with van der Waals surface area (Å²) in [5.41, 5.74) is 2.63. The second-order valence-corrected chi connectivity index (χ2v) is 6.72. The van der Waals surface area contributed by atoms with Crippen molar-refractivity contribution >= 4 is 23.2 Å². The van der Waals surface area contributed by atoms with E-state index in [0.717, 1.165) is 82.1 Å². The van der Waals surface area contributed by atoms with Crippen LogP contribution in [0.2, 0.25) is 0 Å². The topological polar surface area (TPSA) is 61.9 Å². The molecule has 144 valence electrons. The molecule has 0 bridgehead atoms. The number of nitrogens with one attached hydrogen (secondary N) is 1. The Balaban J connectivity index is 0.000000299. The highest BCUT2D eigenvalue weighted by atomic mass is 16.5. The quantitative estimate of drug-likeness (QED) is 0.811. The lowest BCUT2D eigenvalue weighted by Gasteiger charge is -2.30. The van der Waals surface area contributed by atoms with E-state index in [0.29, 0.717) is 0 Å². The van der Waals surface area contributed by atoms with Crippen LogP contribution < -0.4 is 15.1 Å². The molecule has 1 N–H and O–H groups in total. The zero-order valence-corrected chi connectivity index (χ0v) is 15.7. The van der Waals surface area contributed by atoms with E-state index >= 15 is 0 Å². The molecule has 0 atom stereocenters. The van der Waals surface area contributed by atoms with Gasteiger partial charge >= 0.3 is 0 Å². The maximum atomic E-state index is 11.9. The van der Waals surface area contributed by atoms with Gasteiger partial charge in [0.05, 0.1) is 13.2 Å². The standard InChI is InChI=1S/C17H18N2O2.C4H9NO/c20-13-16-5-1-3-11-18(16)14-7-9-15(10-8-14)19-12-4-2-6-17(19)21;1-3-6-4-2-5-1/h2,6-10H,1,3-5,11-12H2;5H,1-4H2. The zero-order chi connectivity index (χ0) is 18.9. The SMILES string of the molecule is C1COCCN1.O=C=C1CCCCN1c1ccc(N2CCC=CC2=O)cc1. The van der Waals surface area contributed by atoms with Crippen LogP contribution in [-0.4, -0.2) is 51.2 Å². The number of hydrogen-bond acceptors (Lipinski definition) is 5. The van der Waals surface area contributed by atoms with Crippen LogP contribution in [0.4, 0.5) is 11.4 Å². The van der Waals surface area contributed by atoms with E-state index in [1.54, 1.807) is 11.0 Å². The van der Waals surface area contributed by atoms with Crippen LogP contribution in [0.25, 0.3) is 0 Å². The van der Waals surface area contributed by atoms with Gasteiger partial charge in [0, 0.05) is 37.6 Å². The average Bonchev–Trinajstić information content (AvgIpc) is 2.76. The van der Waals surface area contributed by atoms with Gasteiger partial charge < -0.3 is 19.9 Å². The van der Waals surface area contributed by atoms with Gasteiger partial charge in [-0.2, -0.15) is 0 Å². The van der Waals surface area contributed by atoms with Crippen molar-refractivity contribution in [2.75, 3.05) is 49.2 Å². The largest absolute Gasteiger partial charge is 0.379 e. The van der Waals surface area contributed by atoms with Crippen molar-refractivity contribution in [2.24, 2.45) is 0 Å². The average molecular weight is 369 g/mol. The number of rotatable bonds is 2. The molecule has 0 radical (unpaired) electrons. The second kappa shape index (κ2) is 10.1. The number of anilines is 2. The van der Waals surface area contributed by atoms with E-state index in [2.05, 4.69) is 11.3 Å². The van der Waals surface area contributed by atoms with Crippen LogP contribution in [0.5, 0.6) is 0 Å². The first-order valence-electron chi connectivity index (χ1n) is 9.67. The number of piperidine rings is 1. The highest BCUT2D eigenvalue weighted by Crippen LogP contribution is 2.28. The van der Waals surface area contributed by atoms with Gasteiger partial charge in [-0.1, -0.05) is 6.08 Å². The van der Waals surface area contributed by atoms with Gasteiger partial charge in [0.1, 0.15) is 11.6 Å². The highest BCUT2D eigenvalue weighted by molar-refractivity contribution is 6.02. The smallest absolute Gasteiger partial charge is 0.250 e. The van der Waals surface area contributed by atoms with E-state index in [1.165, 1.54) is 0 Å². The summed E-state index contributed by atoms with van der Waals surface area (Å²) in [5, 5.41) is 3.16. The van der Waals surface area contributed by atoms with Gasteiger partial charge in [0.15, 0.2) is 0 Å². The first kappa shape index (κ1) is 19.4. The number of amides is 1. The van der Waals surface area contributed by atoms with Crippen LogP contribution in [0.1, 0.15) is 25.7 Å². The van der Waals surface area contributed by atoms with E-state index < -0.39 is 0 Å². The minimum atomic E-state index is 0.0282. The summed E-state index contributed by atoms with van der Waals surface area (Å²) in [6.07, 6.45) is 7.34. The Kier molecular flexibility index (Phi) is 7.22. The summed E-state index contributed by atoms with van der Waals surface area (Å²) in [4.78, 5) is 26.7. The number of carbonyl (C=O) groups is 1. The number of benzene rings is 1. The molecule has 0 saturated carbocycles. The van der Waals surface area contributed by atoms with Crippen molar-refractivity contribution < 1.29 is 14.3 Å². The van der Waals surface area contributed by atoms with Crippen LogP contribution >= 0.6 is 0 Å². The van der Waals surface area contributed by atoms with Gasteiger partial charge in [0.25, 0.3) is 5.91 Å². The summed E-state index contributed by atoms with van der Waals surface area (Å²) in [6, 6.07) is 7.85. The Hall–Kier alpha value is -2.40. The molecule has 2 fully saturated rings. The van der Waals surface area contributed by atoms with Gasteiger partial charge in [-0.05, 0) is 56.0 Å². The van der Waals surface area contributed by atoms with Crippen LogP contribution in [0.15, 0.2) is 42.1 Å². The number of ether oxygens (including phenoxy) is 1. The predicted molar refractivity (Wildman–Crippen MR) is 107 cm³/mol. The van der Waals surface area contributed by atoms with Crippen LogP contribution in [0.3, 0.4) is 0 Å². The molecule has 0 unspecified atom stereocenters. The normalized spacial score (nSPS) is 20.0. The molecule has 0 aliphatic carbocycles. The minimum absolute atomic E-state index is 0.0282. The van der Waals surface area contributed by atoms with Crippen LogP contribution in [-0.2, 0) is 14.3 Å². The van der Waals surface area contributed by atoms with Gasteiger partial charge in [0.2, 0.25) is 0 Å². The summed E-state index contributed by atoms with van der Waals surface area (Å²) in [5.74, 6) is 2.08. The molecule has 2 saturated heterocycles. The lowest BCUT2D eigenvalue weighted by Crippen LogP contribution is -2.32. The first-order valence-corrected chi connectivity index (χ1v) is 9.67. The lowest BCUT2D eigenvalue weighted by molar-refractivity contribution is -0.114. The molecule has 3 aliphatic rings. The zero-order valence-electron chi connectivity index (χ0n) is 15.7. The molecule has 6 nitrogen and oxygen atoms in total. The van der Waals surface area contributed by atoms with E-state index in [9.17, 15) is 9.59 Å². The minimum Gasteiger partial charge on any atom is -0.379 e. The Morgan fingerprint density at radius 1 is 0.963 bits per heavy atom. The van der Waals surface area contributed by atoms with Gasteiger partial charge in [-0.15, -0.1) is 0 Å². The van der Waals surface area contributed by atoms with Crippen molar-refractivity contribution in [1.29, 1.82) is 0 Å². The number of allylic oxidation sites excluding steroid dienone is 1. The fraction of sp³-hybridized carbons (Fsp3) is 0.476. The molecule has 27 heavy (non-hydrogen) atoms. The number of hydrogen-bond donors (Lipinski definition) is 1.